The summed E-state index contributed by atoms with van der Waals surface area (Å²) in [7, 11) is 0. The maximum absolute atomic E-state index is 12.1. The minimum Gasteiger partial charge on any atom is -0.348 e. The Morgan fingerprint density at radius 3 is 2.74 bits per heavy atom. The topological polar surface area (TPSA) is 72.2 Å². The molecule has 102 valence electrons. The largest absolute Gasteiger partial charge is 0.348 e. The van der Waals surface area contributed by atoms with E-state index in [1.165, 1.54) is 18.2 Å². The molecule has 2 unspecified atom stereocenters. The Hall–Kier alpha value is -1.33. The number of rotatable bonds is 3. The molecule has 7 heteroatoms. The quantitative estimate of drug-likeness (QED) is 0.529. The predicted octanol–water partition coefficient (Wildman–Crippen LogP) is 3.14. The van der Waals surface area contributed by atoms with Crippen LogP contribution in [0.4, 0.5) is 5.69 Å². The van der Waals surface area contributed by atoms with E-state index in [4.69, 9.17) is 23.2 Å². The molecule has 0 radical (unpaired) electrons. The number of nitrogens with zero attached hydrogens (tertiary/aromatic N) is 1. The monoisotopic (exact) mass is 302 g/mol. The average Bonchev–Trinajstić information content (AvgIpc) is 2.74. The fourth-order valence-corrected chi connectivity index (χ4v) is 2.68. The van der Waals surface area contributed by atoms with Gasteiger partial charge < -0.3 is 5.32 Å². The smallest absolute Gasteiger partial charge is 0.283 e. The average molecular weight is 303 g/mol. The molecule has 0 spiro atoms. The van der Waals surface area contributed by atoms with E-state index in [0.29, 0.717) is 0 Å². The van der Waals surface area contributed by atoms with Gasteiger partial charge in [0.1, 0.15) is 5.56 Å². The van der Waals surface area contributed by atoms with Crippen LogP contribution in [-0.2, 0) is 0 Å². The molecule has 1 saturated carbocycles. The molecule has 1 aromatic rings. The first-order chi connectivity index (χ1) is 8.99. The highest BCUT2D eigenvalue weighted by Gasteiger charge is 2.29. The number of nitrogens with one attached hydrogen (secondary N) is 1. The Bertz CT molecular complexity index is 522. The first kappa shape index (κ1) is 14.1. The normalized spacial score (nSPS) is 22.2. The standard InChI is InChI=1S/C12H12Cl2N2O3/c13-7-4-5-8(11(6-7)16(18)19)12(17)15-10-3-1-2-9(10)14/h4-6,9-10H,1-3H2,(H,15,17). The molecule has 0 bridgehead atoms. The van der Waals surface area contributed by atoms with E-state index in [1.54, 1.807) is 0 Å². The van der Waals surface area contributed by atoms with Crippen LogP contribution in [0.1, 0.15) is 29.6 Å². The number of amides is 1. The van der Waals surface area contributed by atoms with E-state index in [-0.39, 0.29) is 27.7 Å². The Kier molecular flexibility index (Phi) is 4.27. The van der Waals surface area contributed by atoms with Crippen molar-refractivity contribution in [3.05, 3.63) is 38.9 Å². The summed E-state index contributed by atoms with van der Waals surface area (Å²) in [5.41, 5.74) is -0.292. The molecule has 1 aliphatic rings. The number of hydrogen-bond donors (Lipinski definition) is 1. The molecule has 0 aromatic heterocycles. The molecule has 19 heavy (non-hydrogen) atoms. The van der Waals surface area contributed by atoms with Crippen molar-refractivity contribution < 1.29 is 9.72 Å². The molecule has 0 saturated heterocycles. The summed E-state index contributed by atoms with van der Waals surface area (Å²) in [5.74, 6) is -0.485. The Morgan fingerprint density at radius 1 is 1.42 bits per heavy atom. The number of halogens is 2. The van der Waals surface area contributed by atoms with Crippen molar-refractivity contribution in [1.29, 1.82) is 0 Å². The van der Waals surface area contributed by atoms with Crippen molar-refractivity contribution in [2.24, 2.45) is 0 Å². The number of hydrogen-bond acceptors (Lipinski definition) is 3. The molecule has 1 aliphatic carbocycles. The van der Waals surface area contributed by atoms with Gasteiger partial charge in [0, 0.05) is 17.1 Å². The van der Waals surface area contributed by atoms with Gasteiger partial charge in [-0.25, -0.2) is 0 Å². The first-order valence-corrected chi connectivity index (χ1v) is 6.69. The molecule has 2 atom stereocenters. The molecule has 1 aromatic carbocycles. The van der Waals surface area contributed by atoms with Crippen molar-refractivity contribution in [3.63, 3.8) is 0 Å². The second kappa shape index (κ2) is 5.75. The third-order valence-electron chi connectivity index (χ3n) is 3.15. The van der Waals surface area contributed by atoms with Crippen molar-refractivity contribution in [1.82, 2.24) is 5.32 Å². The van der Waals surface area contributed by atoms with E-state index in [9.17, 15) is 14.9 Å². The highest BCUT2D eigenvalue weighted by molar-refractivity contribution is 6.31. The predicted molar refractivity (Wildman–Crippen MR) is 72.9 cm³/mol. The van der Waals surface area contributed by atoms with Crippen LogP contribution in [0.15, 0.2) is 18.2 Å². The Morgan fingerprint density at radius 2 is 2.16 bits per heavy atom. The van der Waals surface area contributed by atoms with E-state index in [0.717, 1.165) is 19.3 Å². The lowest BCUT2D eigenvalue weighted by Gasteiger charge is -2.15. The van der Waals surface area contributed by atoms with Crippen LogP contribution >= 0.6 is 23.2 Å². The highest BCUT2D eigenvalue weighted by atomic mass is 35.5. The van der Waals surface area contributed by atoms with E-state index < -0.39 is 10.8 Å². The Labute approximate surface area is 120 Å². The lowest BCUT2D eigenvalue weighted by atomic mass is 10.1. The summed E-state index contributed by atoms with van der Waals surface area (Å²) in [6.07, 6.45) is 2.58. The Balaban J connectivity index is 2.21. The third kappa shape index (κ3) is 3.16. The lowest BCUT2D eigenvalue weighted by Crippen LogP contribution is -2.38. The maximum Gasteiger partial charge on any atom is 0.283 e. The molecule has 5 nitrogen and oxygen atoms in total. The summed E-state index contributed by atoms with van der Waals surface area (Å²) in [5, 5.41) is 13.8. The van der Waals surface area contributed by atoms with Gasteiger partial charge in [-0.3, -0.25) is 14.9 Å². The fraction of sp³-hybridized carbons (Fsp3) is 0.417. The highest BCUT2D eigenvalue weighted by Crippen LogP contribution is 2.26. The second-order valence-electron chi connectivity index (χ2n) is 4.45. The molecule has 1 fully saturated rings. The number of carbonyl (C=O) groups excluding carboxylic acids is 1. The van der Waals surface area contributed by atoms with Crippen molar-refractivity contribution in [3.8, 4) is 0 Å². The van der Waals surface area contributed by atoms with Gasteiger partial charge in [-0.15, -0.1) is 11.6 Å². The van der Waals surface area contributed by atoms with Crippen LogP contribution in [0.3, 0.4) is 0 Å². The van der Waals surface area contributed by atoms with Crippen LogP contribution in [0.5, 0.6) is 0 Å². The maximum atomic E-state index is 12.1. The van der Waals surface area contributed by atoms with Gasteiger partial charge in [0.15, 0.2) is 0 Å². The van der Waals surface area contributed by atoms with Crippen molar-refractivity contribution in [2.75, 3.05) is 0 Å². The van der Waals surface area contributed by atoms with E-state index in [1.807, 2.05) is 0 Å². The minimum absolute atomic E-state index is 0.00478. The van der Waals surface area contributed by atoms with Gasteiger partial charge in [-0.05, 0) is 31.4 Å². The van der Waals surface area contributed by atoms with Gasteiger partial charge in [0.25, 0.3) is 11.6 Å². The zero-order chi connectivity index (χ0) is 14.0. The SMILES string of the molecule is O=C(NC1CCCC1Cl)c1ccc(Cl)cc1[N+](=O)[O-]. The van der Waals surface area contributed by atoms with Crippen LogP contribution in [0, 0.1) is 10.1 Å². The zero-order valence-corrected chi connectivity index (χ0v) is 11.4. The first-order valence-electron chi connectivity index (χ1n) is 5.88. The van der Waals surface area contributed by atoms with Gasteiger partial charge >= 0.3 is 0 Å². The number of nitro groups is 1. The molecule has 0 aliphatic heterocycles. The van der Waals surface area contributed by atoms with Gasteiger partial charge in [0.05, 0.1) is 10.3 Å². The van der Waals surface area contributed by atoms with Gasteiger partial charge in [-0.1, -0.05) is 11.6 Å². The molecule has 0 heterocycles. The zero-order valence-electron chi connectivity index (χ0n) is 9.94. The van der Waals surface area contributed by atoms with Crippen LogP contribution in [0.25, 0.3) is 0 Å². The van der Waals surface area contributed by atoms with Crippen molar-refractivity contribution >= 4 is 34.8 Å². The summed E-state index contributed by atoms with van der Waals surface area (Å²) in [6, 6.07) is 3.84. The number of benzene rings is 1. The number of carbonyl (C=O) groups is 1. The fourth-order valence-electron chi connectivity index (χ4n) is 2.17. The summed E-state index contributed by atoms with van der Waals surface area (Å²) in [4.78, 5) is 22.4. The van der Waals surface area contributed by atoms with E-state index >= 15 is 0 Å². The van der Waals surface area contributed by atoms with E-state index in [2.05, 4.69) is 5.32 Å². The van der Waals surface area contributed by atoms with Gasteiger partial charge in [-0.2, -0.15) is 0 Å². The third-order valence-corrected chi connectivity index (χ3v) is 3.91. The molecular formula is C12H12Cl2N2O3. The molecule has 1 N–H and O–H groups in total. The van der Waals surface area contributed by atoms with Crippen LogP contribution < -0.4 is 5.32 Å². The van der Waals surface area contributed by atoms with Crippen LogP contribution in [0.2, 0.25) is 5.02 Å². The number of alkyl halides is 1. The summed E-state index contributed by atoms with van der Waals surface area (Å²) in [6.45, 7) is 0. The molecule has 1 amide bonds. The van der Waals surface area contributed by atoms with Crippen molar-refractivity contribution in [2.45, 2.75) is 30.7 Å². The number of nitro benzene ring substituents is 1. The van der Waals surface area contributed by atoms with Crippen LogP contribution in [-0.4, -0.2) is 22.2 Å². The summed E-state index contributed by atoms with van der Waals surface area (Å²) >= 11 is 11.8. The molecular weight excluding hydrogens is 291 g/mol. The van der Waals surface area contributed by atoms with Gasteiger partial charge in [0.2, 0.25) is 0 Å². The summed E-state index contributed by atoms with van der Waals surface area (Å²) < 4.78 is 0. The minimum atomic E-state index is -0.617. The molecule has 2 rings (SSSR count). The second-order valence-corrected chi connectivity index (χ2v) is 5.44. The lowest BCUT2D eigenvalue weighted by molar-refractivity contribution is -0.385.